The first kappa shape index (κ1) is 35.6. The molecule has 0 saturated carbocycles. The monoisotopic (exact) mass is 718 g/mol. The molecular weight excluding hydrogens is 677 g/mol. The van der Waals surface area contributed by atoms with Crippen molar-refractivity contribution in [1.29, 1.82) is 0 Å². The maximum atomic E-state index is 2.28. The van der Waals surface area contributed by atoms with Crippen molar-refractivity contribution < 1.29 is 0 Å². The van der Waals surface area contributed by atoms with Crippen LogP contribution in [0.1, 0.15) is 33.4 Å². The largest absolute Gasteiger partial charge is 0.311 e. The lowest BCUT2D eigenvalue weighted by Crippen LogP contribution is -2.09. The van der Waals surface area contributed by atoms with E-state index in [1.54, 1.807) is 0 Å². The summed E-state index contributed by atoms with van der Waals surface area (Å²) in [5, 5.41) is 0. The van der Waals surface area contributed by atoms with Crippen molar-refractivity contribution in [2.45, 2.75) is 0 Å². The van der Waals surface area contributed by atoms with E-state index in [1.807, 2.05) is 0 Å². The number of para-hydroxylation sites is 4. The van der Waals surface area contributed by atoms with Gasteiger partial charge < -0.3 is 9.80 Å². The quantitative estimate of drug-likeness (QED) is 0.116. The van der Waals surface area contributed by atoms with Gasteiger partial charge in [-0.05, 0) is 106 Å². The molecule has 0 radical (unpaired) electrons. The molecule has 0 saturated heterocycles. The molecule has 268 valence electrons. The summed E-state index contributed by atoms with van der Waals surface area (Å²) in [5.74, 6) is 0. The lowest BCUT2D eigenvalue weighted by atomic mass is 10.1. The molecule has 0 fully saturated rings. The van der Waals surface area contributed by atoms with Gasteiger partial charge in [-0.2, -0.15) is 0 Å². The summed E-state index contributed by atoms with van der Waals surface area (Å²) in [7, 11) is 0. The Balaban J connectivity index is 0.869. The number of benzene rings is 8. The van der Waals surface area contributed by atoms with Crippen LogP contribution in [0.3, 0.4) is 0 Å². The number of hydrogen-bond acceptors (Lipinski definition) is 2. The second-order valence-corrected chi connectivity index (χ2v) is 13.5. The van der Waals surface area contributed by atoms with E-state index < -0.39 is 0 Å². The molecule has 0 aliphatic rings. The molecule has 8 aromatic carbocycles. The molecule has 0 aliphatic heterocycles. The van der Waals surface area contributed by atoms with E-state index in [0.29, 0.717) is 0 Å². The van der Waals surface area contributed by atoms with Crippen LogP contribution < -0.4 is 9.80 Å². The van der Waals surface area contributed by atoms with Gasteiger partial charge in [-0.25, -0.2) is 0 Å². The van der Waals surface area contributed by atoms with Crippen molar-refractivity contribution in [2.24, 2.45) is 0 Å². The molecular formula is C54H42N2. The summed E-state index contributed by atoms with van der Waals surface area (Å²) in [4.78, 5) is 4.55. The molecule has 0 bridgehead atoms. The second-order valence-electron chi connectivity index (χ2n) is 13.5. The summed E-state index contributed by atoms with van der Waals surface area (Å²) >= 11 is 0. The highest BCUT2D eigenvalue weighted by Gasteiger charge is 2.12. The molecule has 0 aliphatic carbocycles. The Morgan fingerprint density at radius 1 is 0.179 bits per heavy atom. The average Bonchev–Trinajstić information content (AvgIpc) is 3.27. The van der Waals surface area contributed by atoms with Gasteiger partial charge in [0, 0.05) is 34.1 Å². The van der Waals surface area contributed by atoms with Crippen molar-refractivity contribution >= 4 is 70.6 Å². The second kappa shape index (κ2) is 17.6. The van der Waals surface area contributed by atoms with Crippen molar-refractivity contribution in [2.75, 3.05) is 9.80 Å². The molecule has 0 N–H and O–H groups in total. The summed E-state index contributed by atoms with van der Waals surface area (Å²) in [6.45, 7) is 0. The lowest BCUT2D eigenvalue weighted by molar-refractivity contribution is 1.28. The minimum Gasteiger partial charge on any atom is -0.311 e. The summed E-state index contributed by atoms with van der Waals surface area (Å²) in [5.41, 5.74) is 13.8. The molecule has 0 atom stereocenters. The summed E-state index contributed by atoms with van der Waals surface area (Å²) in [6.07, 6.45) is 13.0. The number of hydrogen-bond donors (Lipinski definition) is 0. The van der Waals surface area contributed by atoms with E-state index in [-0.39, 0.29) is 0 Å². The molecule has 0 heterocycles. The smallest absolute Gasteiger partial charge is 0.0462 e. The Labute approximate surface area is 330 Å². The molecule has 2 nitrogen and oxygen atoms in total. The Bertz CT molecular complexity index is 2240. The van der Waals surface area contributed by atoms with Gasteiger partial charge in [0.1, 0.15) is 0 Å². The maximum absolute atomic E-state index is 2.28. The van der Waals surface area contributed by atoms with Crippen molar-refractivity contribution in [3.63, 3.8) is 0 Å². The van der Waals surface area contributed by atoms with Crippen molar-refractivity contribution in [3.05, 3.63) is 252 Å². The Kier molecular flexibility index (Phi) is 11.2. The van der Waals surface area contributed by atoms with E-state index >= 15 is 0 Å². The minimum absolute atomic E-state index is 1.12. The molecule has 0 amide bonds. The molecule has 0 unspecified atom stereocenters. The topological polar surface area (TPSA) is 6.48 Å². The standard InChI is InChI=1S/C54H42N2/c1-5-13-49(14-6-1)55(50-15-7-2-8-16-50)53-39-35-47(36-40-53)33-31-45-27-23-43(24-28-45)21-22-44-25-29-46(30-26-44)32-34-48-37-41-54(42-38-48)56(51-17-9-3-10-18-51)52-19-11-4-12-20-52/h1-42H/b22-21+,33-31+,34-32+. The van der Waals surface area contributed by atoms with Gasteiger partial charge >= 0.3 is 0 Å². The first-order valence-electron chi connectivity index (χ1n) is 19.0. The normalized spacial score (nSPS) is 11.4. The Morgan fingerprint density at radius 3 is 0.536 bits per heavy atom. The first-order chi connectivity index (χ1) is 27.7. The molecule has 0 aromatic heterocycles. The van der Waals surface area contributed by atoms with Crippen molar-refractivity contribution in [3.8, 4) is 0 Å². The molecule has 56 heavy (non-hydrogen) atoms. The van der Waals surface area contributed by atoms with Gasteiger partial charge in [-0.3, -0.25) is 0 Å². The number of nitrogens with zero attached hydrogens (tertiary/aromatic N) is 2. The van der Waals surface area contributed by atoms with E-state index in [2.05, 4.69) is 265 Å². The van der Waals surface area contributed by atoms with E-state index in [9.17, 15) is 0 Å². The predicted octanol–water partition coefficient (Wildman–Crippen LogP) is 15.1. The fourth-order valence-electron chi connectivity index (χ4n) is 6.69. The van der Waals surface area contributed by atoms with Crippen LogP contribution >= 0.6 is 0 Å². The van der Waals surface area contributed by atoms with Gasteiger partial charge in [0.25, 0.3) is 0 Å². The van der Waals surface area contributed by atoms with Crippen LogP contribution in [0.4, 0.5) is 34.1 Å². The lowest BCUT2D eigenvalue weighted by Gasteiger charge is -2.25. The summed E-state index contributed by atoms with van der Waals surface area (Å²) < 4.78 is 0. The van der Waals surface area contributed by atoms with Crippen LogP contribution in [0.5, 0.6) is 0 Å². The molecule has 8 rings (SSSR count). The number of anilines is 6. The van der Waals surface area contributed by atoms with Crippen LogP contribution in [0.2, 0.25) is 0 Å². The van der Waals surface area contributed by atoms with Crippen LogP contribution in [-0.4, -0.2) is 0 Å². The zero-order valence-corrected chi connectivity index (χ0v) is 31.1. The van der Waals surface area contributed by atoms with E-state index in [1.165, 1.54) is 11.1 Å². The van der Waals surface area contributed by atoms with Gasteiger partial charge in [0.15, 0.2) is 0 Å². The third-order valence-electron chi connectivity index (χ3n) is 9.64. The zero-order valence-electron chi connectivity index (χ0n) is 31.1. The number of rotatable bonds is 12. The van der Waals surface area contributed by atoms with Gasteiger partial charge in [0.05, 0.1) is 0 Å². The minimum atomic E-state index is 1.12. The highest BCUT2D eigenvalue weighted by Crippen LogP contribution is 2.35. The third-order valence-corrected chi connectivity index (χ3v) is 9.64. The van der Waals surface area contributed by atoms with Gasteiger partial charge in [0.2, 0.25) is 0 Å². The Morgan fingerprint density at radius 2 is 0.339 bits per heavy atom. The predicted molar refractivity (Wildman–Crippen MR) is 242 cm³/mol. The van der Waals surface area contributed by atoms with Crippen molar-refractivity contribution in [1.82, 2.24) is 0 Å². The Hall–Kier alpha value is -7.42. The first-order valence-corrected chi connectivity index (χ1v) is 19.0. The zero-order chi connectivity index (χ0) is 37.8. The van der Waals surface area contributed by atoms with Gasteiger partial charge in [-0.15, -0.1) is 0 Å². The highest BCUT2D eigenvalue weighted by molar-refractivity contribution is 5.80. The van der Waals surface area contributed by atoms with Crippen LogP contribution in [0.25, 0.3) is 36.5 Å². The fraction of sp³-hybridized carbons (Fsp3) is 0. The SMILES string of the molecule is C(=C\c1ccc(/C=C/c2ccc(N(c3ccccc3)c3ccccc3)cc2)cc1)/c1ccc(/C=C/c2ccc(N(c3ccccc3)c3ccccc3)cc2)cc1. The van der Waals surface area contributed by atoms with E-state index in [4.69, 9.17) is 0 Å². The fourth-order valence-corrected chi connectivity index (χ4v) is 6.69. The third kappa shape index (κ3) is 9.02. The van der Waals surface area contributed by atoms with Crippen LogP contribution in [-0.2, 0) is 0 Å². The molecule has 2 heteroatoms. The summed E-state index contributed by atoms with van der Waals surface area (Å²) in [6, 6.07) is 76.7. The molecule has 8 aromatic rings. The maximum Gasteiger partial charge on any atom is 0.0462 e. The highest BCUT2D eigenvalue weighted by atomic mass is 15.1. The van der Waals surface area contributed by atoms with Crippen LogP contribution in [0, 0.1) is 0 Å². The van der Waals surface area contributed by atoms with E-state index in [0.717, 1.165) is 56.4 Å². The average molecular weight is 719 g/mol. The van der Waals surface area contributed by atoms with Crippen LogP contribution in [0.15, 0.2) is 218 Å². The molecule has 0 spiro atoms. The van der Waals surface area contributed by atoms with Gasteiger partial charge in [-0.1, -0.05) is 182 Å².